The molecule has 0 spiro atoms. The van der Waals surface area contributed by atoms with E-state index in [-0.39, 0.29) is 17.1 Å². The van der Waals surface area contributed by atoms with Crippen LogP contribution in [0.1, 0.15) is 39.1 Å². The maximum absolute atomic E-state index is 12.6. The summed E-state index contributed by atoms with van der Waals surface area (Å²) in [5.74, 6) is -0.211. The molecule has 0 N–H and O–H groups in total. The standard InChI is InChI=1S/C29H28O8/c1-4-27(30)35-18-6-5-17-34-23-14-9-21(10-15-23)28(31)37-25-16-11-22(19-26(25)33-3)29(32)36-24-12-7-20(2)8-13-24/h4,7-16,19H,1,5-6,17-18H2,2-3H3. The van der Waals surface area contributed by atoms with Gasteiger partial charge in [0, 0.05) is 6.08 Å². The van der Waals surface area contributed by atoms with E-state index >= 15 is 0 Å². The zero-order chi connectivity index (χ0) is 26.6. The van der Waals surface area contributed by atoms with Crippen LogP contribution in [-0.4, -0.2) is 38.2 Å². The molecule has 0 atom stereocenters. The summed E-state index contributed by atoms with van der Waals surface area (Å²) in [6.07, 6.45) is 2.48. The van der Waals surface area contributed by atoms with Crippen molar-refractivity contribution in [3.8, 4) is 23.0 Å². The molecule has 0 heterocycles. The van der Waals surface area contributed by atoms with Crippen molar-refractivity contribution in [3.05, 3.63) is 96.1 Å². The van der Waals surface area contributed by atoms with Gasteiger partial charge in [0.05, 0.1) is 31.5 Å². The van der Waals surface area contributed by atoms with Gasteiger partial charge in [-0.3, -0.25) is 0 Å². The van der Waals surface area contributed by atoms with Gasteiger partial charge >= 0.3 is 17.9 Å². The number of ether oxygens (including phenoxy) is 5. The Morgan fingerprint density at radius 2 is 1.38 bits per heavy atom. The lowest BCUT2D eigenvalue weighted by Crippen LogP contribution is -2.11. The van der Waals surface area contributed by atoms with Gasteiger partial charge in [0.1, 0.15) is 11.5 Å². The fraction of sp³-hybridized carbons (Fsp3) is 0.207. The highest BCUT2D eigenvalue weighted by Gasteiger charge is 2.17. The first kappa shape index (κ1) is 27.0. The van der Waals surface area contributed by atoms with Crippen LogP contribution in [0.25, 0.3) is 0 Å². The summed E-state index contributed by atoms with van der Waals surface area (Å²) in [5.41, 5.74) is 1.61. The molecule has 3 aromatic carbocycles. The van der Waals surface area contributed by atoms with E-state index in [0.29, 0.717) is 43.1 Å². The van der Waals surface area contributed by atoms with E-state index in [9.17, 15) is 14.4 Å². The molecule has 0 aliphatic rings. The Morgan fingerprint density at radius 1 is 0.757 bits per heavy atom. The van der Waals surface area contributed by atoms with E-state index in [1.165, 1.54) is 25.3 Å². The van der Waals surface area contributed by atoms with Crippen molar-refractivity contribution < 1.29 is 38.1 Å². The van der Waals surface area contributed by atoms with E-state index in [1.54, 1.807) is 36.4 Å². The number of hydrogen-bond acceptors (Lipinski definition) is 8. The molecule has 0 saturated heterocycles. The summed E-state index contributed by atoms with van der Waals surface area (Å²) >= 11 is 0. The Kier molecular flexibility index (Phi) is 9.84. The van der Waals surface area contributed by atoms with Crippen LogP contribution in [0.5, 0.6) is 23.0 Å². The monoisotopic (exact) mass is 504 g/mol. The second-order valence-corrected chi connectivity index (χ2v) is 7.91. The van der Waals surface area contributed by atoms with Gasteiger partial charge in [-0.25, -0.2) is 14.4 Å². The van der Waals surface area contributed by atoms with E-state index in [4.69, 9.17) is 23.7 Å². The molecular weight excluding hydrogens is 476 g/mol. The summed E-state index contributed by atoms with van der Waals surface area (Å²) in [7, 11) is 1.41. The van der Waals surface area contributed by atoms with Crippen LogP contribution in [0.3, 0.4) is 0 Å². The molecule has 37 heavy (non-hydrogen) atoms. The molecule has 192 valence electrons. The van der Waals surface area contributed by atoms with Gasteiger partial charge in [-0.1, -0.05) is 24.3 Å². The van der Waals surface area contributed by atoms with E-state index in [1.807, 2.05) is 19.1 Å². The first-order valence-electron chi connectivity index (χ1n) is 11.6. The normalized spacial score (nSPS) is 10.2. The lowest BCUT2D eigenvalue weighted by Gasteiger charge is -2.11. The van der Waals surface area contributed by atoms with E-state index in [0.717, 1.165) is 11.6 Å². The third kappa shape index (κ3) is 8.24. The maximum atomic E-state index is 12.6. The van der Waals surface area contributed by atoms with Gasteiger partial charge in [-0.15, -0.1) is 0 Å². The fourth-order valence-electron chi connectivity index (χ4n) is 3.12. The van der Waals surface area contributed by atoms with Crippen molar-refractivity contribution in [2.75, 3.05) is 20.3 Å². The van der Waals surface area contributed by atoms with Gasteiger partial charge < -0.3 is 23.7 Å². The van der Waals surface area contributed by atoms with E-state index in [2.05, 4.69) is 6.58 Å². The highest BCUT2D eigenvalue weighted by atomic mass is 16.6. The van der Waals surface area contributed by atoms with Crippen LogP contribution in [0.15, 0.2) is 79.4 Å². The lowest BCUT2D eigenvalue weighted by atomic mass is 10.2. The highest BCUT2D eigenvalue weighted by molar-refractivity contribution is 5.93. The SMILES string of the molecule is C=CC(=O)OCCCCOc1ccc(C(=O)Oc2ccc(C(=O)Oc3ccc(C)cc3)cc2OC)cc1. The van der Waals surface area contributed by atoms with Crippen molar-refractivity contribution in [2.24, 2.45) is 0 Å². The predicted octanol–water partition coefficient (Wildman–Crippen LogP) is 5.33. The van der Waals surface area contributed by atoms with Crippen LogP contribution in [0, 0.1) is 6.92 Å². The Bertz CT molecular complexity index is 1230. The number of carbonyl (C=O) groups is 3. The Labute approximate surface area is 215 Å². The first-order chi connectivity index (χ1) is 17.9. The van der Waals surface area contributed by atoms with Crippen LogP contribution >= 0.6 is 0 Å². The van der Waals surface area contributed by atoms with Gasteiger partial charge in [0.15, 0.2) is 11.5 Å². The zero-order valence-corrected chi connectivity index (χ0v) is 20.7. The average molecular weight is 505 g/mol. The molecule has 0 amide bonds. The molecule has 0 bridgehead atoms. The van der Waals surface area contributed by atoms with Crippen molar-refractivity contribution in [3.63, 3.8) is 0 Å². The van der Waals surface area contributed by atoms with Crippen molar-refractivity contribution in [1.29, 1.82) is 0 Å². The largest absolute Gasteiger partial charge is 0.494 e. The molecule has 0 unspecified atom stereocenters. The minimum absolute atomic E-state index is 0.164. The van der Waals surface area contributed by atoms with E-state index < -0.39 is 17.9 Å². The molecule has 8 nitrogen and oxygen atoms in total. The van der Waals surface area contributed by atoms with Gasteiger partial charge in [-0.05, 0) is 74.4 Å². The Hall–Kier alpha value is -4.59. The fourth-order valence-corrected chi connectivity index (χ4v) is 3.12. The molecule has 3 rings (SSSR count). The van der Waals surface area contributed by atoms with Gasteiger partial charge in [0.25, 0.3) is 0 Å². The Morgan fingerprint density at radius 3 is 2.05 bits per heavy atom. The lowest BCUT2D eigenvalue weighted by molar-refractivity contribution is -0.137. The topological polar surface area (TPSA) is 97.4 Å². The molecular formula is C29H28O8. The third-order valence-corrected chi connectivity index (χ3v) is 5.14. The van der Waals surface area contributed by atoms with Crippen LogP contribution < -0.4 is 18.9 Å². The quantitative estimate of drug-likeness (QED) is 0.141. The zero-order valence-electron chi connectivity index (χ0n) is 20.7. The smallest absolute Gasteiger partial charge is 0.343 e. The molecule has 0 saturated carbocycles. The highest BCUT2D eigenvalue weighted by Crippen LogP contribution is 2.29. The van der Waals surface area contributed by atoms with Crippen molar-refractivity contribution in [1.82, 2.24) is 0 Å². The molecule has 0 aromatic heterocycles. The third-order valence-electron chi connectivity index (χ3n) is 5.14. The van der Waals surface area contributed by atoms with Crippen molar-refractivity contribution >= 4 is 17.9 Å². The molecule has 0 radical (unpaired) electrons. The van der Waals surface area contributed by atoms with Gasteiger partial charge in [0.2, 0.25) is 0 Å². The Balaban J connectivity index is 1.53. The number of carbonyl (C=O) groups excluding carboxylic acids is 3. The number of esters is 3. The van der Waals surface area contributed by atoms with Crippen LogP contribution in [0.2, 0.25) is 0 Å². The predicted molar refractivity (Wildman–Crippen MR) is 136 cm³/mol. The second-order valence-electron chi connectivity index (χ2n) is 7.91. The summed E-state index contributed by atoms with van der Waals surface area (Å²) in [4.78, 5) is 36.1. The number of benzene rings is 3. The number of aryl methyl sites for hydroxylation is 1. The minimum Gasteiger partial charge on any atom is -0.494 e. The molecule has 0 aliphatic carbocycles. The molecule has 0 aliphatic heterocycles. The maximum Gasteiger partial charge on any atom is 0.343 e. The minimum atomic E-state index is -0.594. The molecule has 8 heteroatoms. The number of rotatable bonds is 12. The summed E-state index contributed by atoms with van der Waals surface area (Å²) in [6, 6.07) is 18.0. The number of hydrogen-bond donors (Lipinski definition) is 0. The summed E-state index contributed by atoms with van der Waals surface area (Å²) in [6.45, 7) is 6.01. The summed E-state index contributed by atoms with van der Waals surface area (Å²) < 4.78 is 26.7. The molecule has 3 aromatic rings. The van der Waals surface area contributed by atoms with Gasteiger partial charge in [-0.2, -0.15) is 0 Å². The number of unbranched alkanes of at least 4 members (excludes halogenated alkanes) is 1. The van der Waals surface area contributed by atoms with Crippen molar-refractivity contribution in [2.45, 2.75) is 19.8 Å². The average Bonchev–Trinajstić information content (AvgIpc) is 2.92. The second kappa shape index (κ2) is 13.5. The number of methoxy groups -OCH3 is 1. The van der Waals surface area contributed by atoms with Crippen LogP contribution in [-0.2, 0) is 9.53 Å². The van der Waals surface area contributed by atoms with Crippen LogP contribution in [0.4, 0.5) is 0 Å². The first-order valence-corrected chi connectivity index (χ1v) is 11.6. The molecule has 0 fully saturated rings. The summed E-state index contributed by atoms with van der Waals surface area (Å²) in [5, 5.41) is 0.